The van der Waals surface area contributed by atoms with Crippen LogP contribution in [-0.4, -0.2) is 5.78 Å². The largest absolute Gasteiger partial charge is 0.461 e. The van der Waals surface area contributed by atoms with Crippen molar-refractivity contribution in [3.8, 4) is 0 Å². The molecule has 0 saturated heterocycles. The van der Waals surface area contributed by atoms with Crippen LogP contribution in [-0.2, 0) is 0 Å². The minimum absolute atomic E-state index is 0.181. The van der Waals surface area contributed by atoms with Gasteiger partial charge in [0.05, 0.1) is 6.26 Å². The standard InChI is InChI=1S/C9H5ClO3/c10-8-4-3-7(13-8)9(11)6-2-1-5-12-6/h1-5H. The Morgan fingerprint density at radius 2 is 2.08 bits per heavy atom. The van der Waals surface area contributed by atoms with Gasteiger partial charge in [0.1, 0.15) is 0 Å². The highest BCUT2D eigenvalue weighted by Crippen LogP contribution is 2.16. The highest BCUT2D eigenvalue weighted by molar-refractivity contribution is 6.29. The Bertz CT molecular complexity index is 414. The van der Waals surface area contributed by atoms with Crippen LogP contribution in [0.4, 0.5) is 0 Å². The van der Waals surface area contributed by atoms with Crippen molar-refractivity contribution in [2.45, 2.75) is 0 Å². The summed E-state index contributed by atoms with van der Waals surface area (Å²) in [4.78, 5) is 11.5. The zero-order chi connectivity index (χ0) is 9.26. The maximum atomic E-state index is 11.5. The van der Waals surface area contributed by atoms with E-state index in [9.17, 15) is 4.79 Å². The Balaban J connectivity index is 2.33. The minimum Gasteiger partial charge on any atom is -0.461 e. The van der Waals surface area contributed by atoms with Crippen LogP contribution in [0.2, 0.25) is 5.22 Å². The van der Waals surface area contributed by atoms with E-state index < -0.39 is 0 Å². The van der Waals surface area contributed by atoms with Gasteiger partial charge in [-0.05, 0) is 35.9 Å². The second-order valence-electron chi connectivity index (χ2n) is 2.41. The van der Waals surface area contributed by atoms with Gasteiger partial charge in [-0.3, -0.25) is 4.79 Å². The molecule has 0 amide bonds. The van der Waals surface area contributed by atoms with Gasteiger partial charge in [0.2, 0.25) is 0 Å². The molecule has 2 aromatic heterocycles. The summed E-state index contributed by atoms with van der Waals surface area (Å²) in [6.45, 7) is 0. The molecule has 0 atom stereocenters. The zero-order valence-electron chi connectivity index (χ0n) is 6.49. The summed E-state index contributed by atoms with van der Waals surface area (Å²) in [5, 5.41) is 0.190. The van der Waals surface area contributed by atoms with E-state index in [1.165, 1.54) is 18.4 Å². The van der Waals surface area contributed by atoms with Gasteiger partial charge in [0, 0.05) is 0 Å². The van der Waals surface area contributed by atoms with Crippen LogP contribution in [0.15, 0.2) is 39.4 Å². The minimum atomic E-state index is -0.308. The highest BCUT2D eigenvalue weighted by Gasteiger charge is 2.15. The molecular formula is C9H5ClO3. The molecule has 0 aliphatic rings. The van der Waals surface area contributed by atoms with Crippen LogP contribution in [0, 0.1) is 0 Å². The predicted octanol–water partition coefficient (Wildman–Crippen LogP) is 2.76. The zero-order valence-corrected chi connectivity index (χ0v) is 7.25. The van der Waals surface area contributed by atoms with E-state index in [2.05, 4.69) is 0 Å². The molecule has 0 spiro atoms. The van der Waals surface area contributed by atoms with Crippen molar-refractivity contribution >= 4 is 17.4 Å². The van der Waals surface area contributed by atoms with Gasteiger partial charge >= 0.3 is 0 Å². The summed E-state index contributed by atoms with van der Waals surface area (Å²) in [5.41, 5.74) is 0. The topological polar surface area (TPSA) is 43.4 Å². The fourth-order valence-electron chi connectivity index (χ4n) is 0.966. The van der Waals surface area contributed by atoms with Gasteiger partial charge in [0.25, 0.3) is 5.78 Å². The molecule has 66 valence electrons. The van der Waals surface area contributed by atoms with Crippen molar-refractivity contribution < 1.29 is 13.6 Å². The van der Waals surface area contributed by atoms with Crippen molar-refractivity contribution in [1.82, 2.24) is 0 Å². The van der Waals surface area contributed by atoms with E-state index in [0.29, 0.717) is 0 Å². The van der Waals surface area contributed by atoms with Crippen LogP contribution in [0.5, 0.6) is 0 Å². The quantitative estimate of drug-likeness (QED) is 0.694. The second kappa shape index (κ2) is 3.11. The molecule has 2 heterocycles. The number of carbonyl (C=O) groups excluding carboxylic acids is 1. The van der Waals surface area contributed by atoms with Gasteiger partial charge in [0.15, 0.2) is 16.7 Å². The van der Waals surface area contributed by atoms with Crippen molar-refractivity contribution in [3.05, 3.63) is 47.3 Å². The van der Waals surface area contributed by atoms with Gasteiger partial charge in [-0.25, -0.2) is 0 Å². The summed E-state index contributed by atoms with van der Waals surface area (Å²) in [5.74, 6) is 0.114. The molecule has 4 heteroatoms. The third-order valence-corrected chi connectivity index (χ3v) is 1.75. The average molecular weight is 197 g/mol. The Kier molecular flexibility index (Phi) is 1.94. The molecule has 0 aliphatic carbocycles. The van der Waals surface area contributed by atoms with E-state index in [1.807, 2.05) is 0 Å². The molecule has 0 saturated carbocycles. The lowest BCUT2D eigenvalue weighted by Crippen LogP contribution is -1.96. The van der Waals surface area contributed by atoms with Crippen molar-refractivity contribution in [2.75, 3.05) is 0 Å². The van der Waals surface area contributed by atoms with Gasteiger partial charge in [-0.1, -0.05) is 0 Å². The predicted molar refractivity (Wildman–Crippen MR) is 45.9 cm³/mol. The molecule has 0 fully saturated rings. The van der Waals surface area contributed by atoms with Crippen LogP contribution in [0.1, 0.15) is 16.3 Å². The number of carbonyl (C=O) groups is 1. The normalized spacial score (nSPS) is 10.2. The Hall–Kier alpha value is -1.48. The fourth-order valence-corrected chi connectivity index (χ4v) is 1.11. The number of ketones is 1. The van der Waals surface area contributed by atoms with Gasteiger partial charge < -0.3 is 8.83 Å². The lowest BCUT2D eigenvalue weighted by Gasteiger charge is -1.89. The number of hydrogen-bond donors (Lipinski definition) is 0. The second-order valence-corrected chi connectivity index (χ2v) is 2.78. The molecule has 0 aromatic carbocycles. The third kappa shape index (κ3) is 1.51. The van der Waals surface area contributed by atoms with E-state index in [-0.39, 0.29) is 22.5 Å². The molecule has 0 N–H and O–H groups in total. The van der Waals surface area contributed by atoms with E-state index >= 15 is 0 Å². The van der Waals surface area contributed by atoms with Crippen LogP contribution in [0.25, 0.3) is 0 Å². The average Bonchev–Trinajstić information content (AvgIpc) is 2.72. The first-order chi connectivity index (χ1) is 6.27. The molecule has 0 bridgehead atoms. The summed E-state index contributed by atoms with van der Waals surface area (Å²) in [6.07, 6.45) is 1.43. The van der Waals surface area contributed by atoms with Gasteiger partial charge in [-0.15, -0.1) is 0 Å². The summed E-state index contributed by atoms with van der Waals surface area (Å²) >= 11 is 5.52. The molecule has 2 aromatic rings. The fraction of sp³-hybridized carbons (Fsp3) is 0. The van der Waals surface area contributed by atoms with E-state index in [1.54, 1.807) is 12.1 Å². The van der Waals surface area contributed by atoms with Crippen molar-refractivity contribution in [3.63, 3.8) is 0 Å². The maximum Gasteiger partial charge on any atom is 0.263 e. The van der Waals surface area contributed by atoms with E-state index in [0.717, 1.165) is 0 Å². The maximum absolute atomic E-state index is 11.5. The molecule has 3 nitrogen and oxygen atoms in total. The summed E-state index contributed by atoms with van der Waals surface area (Å²) in [7, 11) is 0. The van der Waals surface area contributed by atoms with E-state index in [4.69, 9.17) is 20.4 Å². The molecule has 2 rings (SSSR count). The molecule has 0 radical (unpaired) electrons. The number of furan rings is 2. The first-order valence-electron chi connectivity index (χ1n) is 3.61. The van der Waals surface area contributed by atoms with Crippen LogP contribution < -0.4 is 0 Å². The lowest BCUT2D eigenvalue weighted by molar-refractivity contribution is 0.0983. The summed E-state index contributed by atoms with van der Waals surface area (Å²) < 4.78 is 9.83. The molecule has 13 heavy (non-hydrogen) atoms. The number of rotatable bonds is 2. The molecular weight excluding hydrogens is 192 g/mol. The Morgan fingerprint density at radius 1 is 1.23 bits per heavy atom. The van der Waals surface area contributed by atoms with Crippen LogP contribution in [0.3, 0.4) is 0 Å². The number of hydrogen-bond acceptors (Lipinski definition) is 3. The molecule has 0 aliphatic heterocycles. The summed E-state index contributed by atoms with van der Waals surface area (Å²) in [6, 6.07) is 6.22. The lowest BCUT2D eigenvalue weighted by atomic mass is 10.2. The smallest absolute Gasteiger partial charge is 0.263 e. The first kappa shape index (κ1) is 8.13. The number of halogens is 1. The Morgan fingerprint density at radius 3 is 2.62 bits per heavy atom. The Labute approximate surface area is 78.9 Å². The molecule has 0 unspecified atom stereocenters. The highest BCUT2D eigenvalue weighted by atomic mass is 35.5. The SMILES string of the molecule is O=C(c1ccco1)c1ccc(Cl)o1. The first-order valence-corrected chi connectivity index (χ1v) is 3.99. The third-order valence-electron chi connectivity index (χ3n) is 1.54. The van der Waals surface area contributed by atoms with Gasteiger partial charge in [-0.2, -0.15) is 0 Å². The monoisotopic (exact) mass is 196 g/mol. The van der Waals surface area contributed by atoms with Crippen LogP contribution >= 0.6 is 11.6 Å². The van der Waals surface area contributed by atoms with Crippen molar-refractivity contribution in [2.24, 2.45) is 0 Å². The van der Waals surface area contributed by atoms with Crippen molar-refractivity contribution in [1.29, 1.82) is 0 Å².